The molecule has 0 saturated heterocycles. The number of methoxy groups -OCH3 is 1. The van der Waals surface area contributed by atoms with E-state index in [1.807, 2.05) is 48.7 Å². The second kappa shape index (κ2) is 7.81. The molecular weight excluding hydrogens is 336 g/mol. The number of thiazole rings is 1. The van der Waals surface area contributed by atoms with Crippen LogP contribution in [0.5, 0.6) is 11.5 Å². The van der Waals surface area contributed by atoms with Crippen molar-refractivity contribution < 1.29 is 14.3 Å². The van der Waals surface area contributed by atoms with Crippen LogP contribution >= 0.6 is 11.3 Å². The number of benzene rings is 2. The van der Waals surface area contributed by atoms with Crippen molar-refractivity contribution in [2.45, 2.75) is 6.92 Å². The van der Waals surface area contributed by atoms with Crippen molar-refractivity contribution in [3.63, 3.8) is 0 Å². The van der Waals surface area contributed by atoms with Crippen molar-refractivity contribution in [3.05, 3.63) is 58.9 Å². The van der Waals surface area contributed by atoms with E-state index in [0.717, 1.165) is 16.3 Å². The molecule has 0 unspecified atom stereocenters. The minimum atomic E-state index is -0.245. The number of nitrogens with one attached hydrogen (secondary N) is 1. The Labute approximate surface area is 150 Å². The van der Waals surface area contributed by atoms with Crippen LogP contribution in [0.2, 0.25) is 0 Å². The monoisotopic (exact) mass is 354 g/mol. The van der Waals surface area contributed by atoms with E-state index in [9.17, 15) is 4.79 Å². The van der Waals surface area contributed by atoms with Gasteiger partial charge in [0.05, 0.1) is 23.5 Å². The van der Waals surface area contributed by atoms with Crippen molar-refractivity contribution in [1.82, 2.24) is 4.98 Å². The number of carbonyl (C=O) groups is 1. The SMILES string of the molecule is COc1ccccc1OCC(=O)Nc1ccccc1-c1csc(C)n1. The molecule has 0 radical (unpaired) electrons. The maximum absolute atomic E-state index is 12.3. The van der Waals surface area contributed by atoms with Crippen molar-refractivity contribution in [2.24, 2.45) is 0 Å². The molecule has 128 valence electrons. The first-order valence-electron chi connectivity index (χ1n) is 7.74. The minimum absolute atomic E-state index is 0.106. The molecule has 1 heterocycles. The van der Waals surface area contributed by atoms with Crippen LogP contribution in [0.25, 0.3) is 11.3 Å². The fourth-order valence-electron chi connectivity index (χ4n) is 2.37. The Morgan fingerprint density at radius 3 is 2.56 bits per heavy atom. The lowest BCUT2D eigenvalue weighted by Crippen LogP contribution is -2.20. The molecule has 0 bridgehead atoms. The van der Waals surface area contributed by atoms with Crippen LogP contribution in [0.1, 0.15) is 5.01 Å². The average Bonchev–Trinajstić information content (AvgIpc) is 3.07. The van der Waals surface area contributed by atoms with Gasteiger partial charge in [0.25, 0.3) is 5.91 Å². The lowest BCUT2D eigenvalue weighted by atomic mass is 10.1. The summed E-state index contributed by atoms with van der Waals surface area (Å²) in [4.78, 5) is 16.8. The summed E-state index contributed by atoms with van der Waals surface area (Å²) in [7, 11) is 1.56. The number of aromatic nitrogens is 1. The Hall–Kier alpha value is -2.86. The second-order valence-electron chi connectivity index (χ2n) is 5.29. The third-order valence-electron chi connectivity index (χ3n) is 3.52. The Morgan fingerprint density at radius 2 is 1.84 bits per heavy atom. The van der Waals surface area contributed by atoms with Gasteiger partial charge in [-0.15, -0.1) is 11.3 Å². The molecule has 25 heavy (non-hydrogen) atoms. The highest BCUT2D eigenvalue weighted by Gasteiger charge is 2.12. The van der Waals surface area contributed by atoms with Gasteiger partial charge in [0.15, 0.2) is 18.1 Å². The summed E-state index contributed by atoms with van der Waals surface area (Å²) >= 11 is 1.58. The van der Waals surface area contributed by atoms with Gasteiger partial charge in [-0.1, -0.05) is 30.3 Å². The maximum Gasteiger partial charge on any atom is 0.262 e. The van der Waals surface area contributed by atoms with E-state index in [1.165, 1.54) is 0 Å². The maximum atomic E-state index is 12.3. The van der Waals surface area contributed by atoms with Gasteiger partial charge >= 0.3 is 0 Å². The fraction of sp³-hybridized carbons (Fsp3) is 0.158. The van der Waals surface area contributed by atoms with Crippen molar-refractivity contribution >= 4 is 22.9 Å². The van der Waals surface area contributed by atoms with Gasteiger partial charge in [0.2, 0.25) is 0 Å². The summed E-state index contributed by atoms with van der Waals surface area (Å²) in [5.41, 5.74) is 2.45. The van der Waals surface area contributed by atoms with E-state index in [4.69, 9.17) is 9.47 Å². The zero-order valence-corrected chi connectivity index (χ0v) is 14.8. The molecule has 1 aromatic heterocycles. The molecular formula is C19H18N2O3S. The molecule has 0 fully saturated rings. The third-order valence-corrected chi connectivity index (χ3v) is 4.30. The van der Waals surface area contributed by atoms with Gasteiger partial charge < -0.3 is 14.8 Å². The number of rotatable bonds is 6. The summed E-state index contributed by atoms with van der Waals surface area (Å²) in [6, 6.07) is 14.8. The van der Waals surface area contributed by atoms with Crippen LogP contribution in [-0.4, -0.2) is 24.6 Å². The van der Waals surface area contributed by atoms with Gasteiger partial charge in [0, 0.05) is 10.9 Å². The number of amides is 1. The smallest absolute Gasteiger partial charge is 0.262 e. The highest BCUT2D eigenvalue weighted by molar-refractivity contribution is 7.09. The van der Waals surface area contributed by atoms with Crippen LogP contribution in [-0.2, 0) is 4.79 Å². The third kappa shape index (κ3) is 4.16. The van der Waals surface area contributed by atoms with Crippen LogP contribution in [0, 0.1) is 6.92 Å². The lowest BCUT2D eigenvalue weighted by molar-refractivity contribution is -0.118. The first-order valence-corrected chi connectivity index (χ1v) is 8.62. The lowest BCUT2D eigenvalue weighted by Gasteiger charge is -2.12. The van der Waals surface area contributed by atoms with Gasteiger partial charge in [-0.25, -0.2) is 4.98 Å². The Bertz CT molecular complexity index is 876. The summed E-state index contributed by atoms with van der Waals surface area (Å²) in [6.07, 6.45) is 0. The largest absolute Gasteiger partial charge is 0.493 e. The number of ether oxygens (including phenoxy) is 2. The van der Waals surface area contributed by atoms with E-state index in [2.05, 4.69) is 10.3 Å². The quantitative estimate of drug-likeness (QED) is 0.722. The molecule has 0 spiro atoms. The van der Waals surface area contributed by atoms with E-state index in [0.29, 0.717) is 17.2 Å². The van der Waals surface area contributed by atoms with Crippen LogP contribution < -0.4 is 14.8 Å². The zero-order chi connectivity index (χ0) is 17.6. The number of hydrogen-bond acceptors (Lipinski definition) is 5. The Kier molecular flexibility index (Phi) is 5.30. The molecule has 5 nitrogen and oxygen atoms in total. The molecule has 1 N–H and O–H groups in total. The van der Waals surface area contributed by atoms with Gasteiger partial charge in [0.1, 0.15) is 0 Å². The Morgan fingerprint density at radius 1 is 1.12 bits per heavy atom. The van der Waals surface area contributed by atoms with E-state index >= 15 is 0 Å². The minimum Gasteiger partial charge on any atom is -0.493 e. The van der Waals surface area contributed by atoms with Gasteiger partial charge in [-0.05, 0) is 25.1 Å². The summed E-state index contributed by atoms with van der Waals surface area (Å²) < 4.78 is 10.8. The molecule has 0 aliphatic rings. The summed E-state index contributed by atoms with van der Waals surface area (Å²) in [6.45, 7) is 1.85. The van der Waals surface area contributed by atoms with Gasteiger partial charge in [-0.2, -0.15) is 0 Å². The number of hydrogen-bond donors (Lipinski definition) is 1. The normalized spacial score (nSPS) is 10.3. The topological polar surface area (TPSA) is 60.5 Å². The fourth-order valence-corrected chi connectivity index (χ4v) is 2.98. The number of aryl methyl sites for hydroxylation is 1. The molecule has 2 aromatic carbocycles. The van der Waals surface area contributed by atoms with Gasteiger partial charge in [-0.3, -0.25) is 4.79 Å². The summed E-state index contributed by atoms with van der Waals surface area (Å²) in [5, 5.41) is 5.85. The second-order valence-corrected chi connectivity index (χ2v) is 6.35. The average molecular weight is 354 g/mol. The zero-order valence-electron chi connectivity index (χ0n) is 14.0. The molecule has 6 heteroatoms. The van der Waals surface area contributed by atoms with E-state index in [1.54, 1.807) is 30.6 Å². The number of nitrogens with zero attached hydrogens (tertiary/aromatic N) is 1. The van der Waals surface area contributed by atoms with Crippen LogP contribution in [0.15, 0.2) is 53.9 Å². The number of anilines is 1. The number of para-hydroxylation sites is 3. The summed E-state index contributed by atoms with van der Waals surface area (Å²) in [5.74, 6) is 0.877. The first kappa shape index (κ1) is 17.0. The van der Waals surface area contributed by atoms with E-state index in [-0.39, 0.29) is 12.5 Å². The van der Waals surface area contributed by atoms with Crippen LogP contribution in [0.4, 0.5) is 5.69 Å². The molecule has 0 aliphatic heterocycles. The molecule has 0 atom stereocenters. The predicted octanol–water partition coefficient (Wildman–Crippen LogP) is 4.14. The highest BCUT2D eigenvalue weighted by Crippen LogP contribution is 2.29. The first-order chi connectivity index (χ1) is 12.2. The number of carbonyl (C=O) groups excluding carboxylic acids is 1. The predicted molar refractivity (Wildman–Crippen MR) is 99.4 cm³/mol. The molecule has 0 aliphatic carbocycles. The van der Waals surface area contributed by atoms with Crippen molar-refractivity contribution in [2.75, 3.05) is 19.0 Å². The molecule has 1 amide bonds. The highest BCUT2D eigenvalue weighted by atomic mass is 32.1. The van der Waals surface area contributed by atoms with Crippen LogP contribution in [0.3, 0.4) is 0 Å². The van der Waals surface area contributed by atoms with Crippen molar-refractivity contribution in [3.8, 4) is 22.8 Å². The molecule has 3 rings (SSSR count). The Balaban J connectivity index is 1.69. The molecule has 0 saturated carbocycles. The van der Waals surface area contributed by atoms with Crippen molar-refractivity contribution in [1.29, 1.82) is 0 Å². The standard InChI is InChI=1S/C19H18N2O3S/c1-13-20-16(12-25-13)14-7-3-4-8-15(14)21-19(22)11-24-18-10-6-5-9-17(18)23-2/h3-10,12H,11H2,1-2H3,(H,21,22). The molecule has 3 aromatic rings. The van der Waals surface area contributed by atoms with E-state index < -0.39 is 0 Å².